The quantitative estimate of drug-likeness (QED) is 0.896. The first-order valence-corrected chi connectivity index (χ1v) is 7.21. The van der Waals surface area contributed by atoms with Crippen molar-refractivity contribution >= 4 is 15.9 Å². The molecule has 1 unspecified atom stereocenters. The number of hydrogen-bond donors (Lipinski definition) is 2. The third-order valence-corrected chi connectivity index (χ3v) is 4.74. The Kier molecular flexibility index (Phi) is 4.41. The van der Waals surface area contributed by atoms with Crippen molar-refractivity contribution in [1.29, 1.82) is 0 Å². The average Bonchev–Trinajstić information content (AvgIpc) is 2.42. The molecule has 4 heteroatoms. The molecule has 3 N–H and O–H groups in total. The fraction of sp³-hybridized carbons (Fsp3) is 0.571. The highest BCUT2D eigenvalue weighted by atomic mass is 79.9. The van der Waals surface area contributed by atoms with Gasteiger partial charge in [-0.05, 0) is 46.5 Å². The first kappa shape index (κ1) is 14.0. The Balaban J connectivity index is 2.27. The molecule has 0 aromatic heterocycles. The molecule has 1 aliphatic rings. The van der Waals surface area contributed by atoms with E-state index in [0.29, 0.717) is 16.6 Å². The summed E-state index contributed by atoms with van der Waals surface area (Å²) in [5, 5.41) is 10.5. The molecule has 1 atom stereocenters. The highest BCUT2D eigenvalue weighted by molar-refractivity contribution is 9.10. The van der Waals surface area contributed by atoms with Crippen molar-refractivity contribution in [3.8, 4) is 0 Å². The molecule has 0 bridgehead atoms. The lowest BCUT2D eigenvalue weighted by atomic mass is 9.68. The minimum Gasteiger partial charge on any atom is -0.388 e. The van der Waals surface area contributed by atoms with Gasteiger partial charge in [0.25, 0.3) is 0 Å². The van der Waals surface area contributed by atoms with Crippen LogP contribution in [0.5, 0.6) is 0 Å². The molecule has 1 aromatic carbocycles. The molecule has 1 aliphatic carbocycles. The lowest BCUT2D eigenvalue weighted by Gasteiger charge is -2.40. The number of hydrogen-bond acceptors (Lipinski definition) is 2. The average molecular weight is 316 g/mol. The summed E-state index contributed by atoms with van der Waals surface area (Å²) < 4.78 is 14.0. The molecule has 0 radical (unpaired) electrons. The molecule has 0 aliphatic heterocycles. The van der Waals surface area contributed by atoms with Crippen LogP contribution in [0.1, 0.15) is 43.8 Å². The van der Waals surface area contributed by atoms with Gasteiger partial charge in [0.15, 0.2) is 0 Å². The summed E-state index contributed by atoms with van der Waals surface area (Å²) in [6.07, 6.45) is 4.54. The SMILES string of the molecule is NCC1(C(O)c2ccc(Br)c(F)c2)CCCCC1. The topological polar surface area (TPSA) is 46.2 Å². The fourth-order valence-corrected chi connectivity index (χ4v) is 3.13. The number of benzene rings is 1. The van der Waals surface area contributed by atoms with Crippen LogP contribution in [0.2, 0.25) is 0 Å². The number of rotatable bonds is 3. The maximum absolute atomic E-state index is 13.5. The number of aliphatic hydroxyl groups excluding tert-OH is 1. The van der Waals surface area contributed by atoms with Gasteiger partial charge >= 0.3 is 0 Å². The third-order valence-electron chi connectivity index (χ3n) is 4.10. The zero-order valence-electron chi connectivity index (χ0n) is 10.3. The van der Waals surface area contributed by atoms with Gasteiger partial charge < -0.3 is 10.8 Å². The second-order valence-electron chi connectivity index (χ2n) is 5.20. The van der Waals surface area contributed by atoms with E-state index < -0.39 is 6.10 Å². The van der Waals surface area contributed by atoms with Crippen molar-refractivity contribution in [2.75, 3.05) is 6.54 Å². The predicted molar refractivity (Wildman–Crippen MR) is 73.6 cm³/mol. The minimum absolute atomic E-state index is 0.279. The Labute approximate surface area is 116 Å². The van der Waals surface area contributed by atoms with Crippen molar-refractivity contribution in [1.82, 2.24) is 0 Å². The molecule has 18 heavy (non-hydrogen) atoms. The zero-order chi connectivity index (χ0) is 13.2. The predicted octanol–water partition coefficient (Wildman–Crippen LogP) is 3.53. The molecular formula is C14H19BrFNO. The van der Waals surface area contributed by atoms with Crippen LogP contribution < -0.4 is 5.73 Å². The van der Waals surface area contributed by atoms with Crippen LogP contribution in [0.15, 0.2) is 22.7 Å². The normalized spacial score (nSPS) is 20.7. The second kappa shape index (κ2) is 5.68. The molecule has 1 aromatic rings. The summed E-state index contributed by atoms with van der Waals surface area (Å²) in [5.41, 5.74) is 6.23. The first-order chi connectivity index (χ1) is 8.59. The summed E-state index contributed by atoms with van der Waals surface area (Å²) in [6.45, 7) is 0.450. The molecule has 2 rings (SSSR count). The Morgan fingerprint density at radius 1 is 1.33 bits per heavy atom. The van der Waals surface area contributed by atoms with E-state index in [-0.39, 0.29) is 11.2 Å². The van der Waals surface area contributed by atoms with E-state index in [0.717, 1.165) is 25.7 Å². The monoisotopic (exact) mass is 315 g/mol. The molecule has 1 fully saturated rings. The van der Waals surface area contributed by atoms with Gasteiger partial charge in [-0.15, -0.1) is 0 Å². The molecule has 2 nitrogen and oxygen atoms in total. The largest absolute Gasteiger partial charge is 0.388 e. The Bertz CT molecular complexity index is 418. The van der Waals surface area contributed by atoms with Gasteiger partial charge in [-0.25, -0.2) is 4.39 Å². The molecule has 1 saturated carbocycles. The van der Waals surface area contributed by atoms with Crippen molar-refractivity contribution in [3.05, 3.63) is 34.1 Å². The minimum atomic E-state index is -0.676. The molecular weight excluding hydrogens is 297 g/mol. The van der Waals surface area contributed by atoms with Crippen LogP contribution in [-0.2, 0) is 0 Å². The van der Waals surface area contributed by atoms with Crippen LogP contribution in [0.3, 0.4) is 0 Å². The second-order valence-corrected chi connectivity index (χ2v) is 6.06. The maximum Gasteiger partial charge on any atom is 0.137 e. The smallest absolute Gasteiger partial charge is 0.137 e. The van der Waals surface area contributed by atoms with Gasteiger partial charge in [0.2, 0.25) is 0 Å². The van der Waals surface area contributed by atoms with E-state index in [2.05, 4.69) is 15.9 Å². The molecule has 0 amide bonds. The summed E-state index contributed by atoms with van der Waals surface area (Å²) >= 11 is 3.12. The number of aliphatic hydroxyl groups is 1. The van der Waals surface area contributed by atoms with Gasteiger partial charge in [0.1, 0.15) is 5.82 Å². The highest BCUT2D eigenvalue weighted by Gasteiger charge is 2.38. The summed E-state index contributed by atoms with van der Waals surface area (Å²) in [4.78, 5) is 0. The Morgan fingerprint density at radius 3 is 2.56 bits per heavy atom. The van der Waals surface area contributed by atoms with Gasteiger partial charge in [-0.2, -0.15) is 0 Å². The summed E-state index contributed by atoms with van der Waals surface area (Å²) in [6, 6.07) is 4.81. The third kappa shape index (κ3) is 2.60. The lowest BCUT2D eigenvalue weighted by Crippen LogP contribution is -2.38. The van der Waals surface area contributed by atoms with Crippen molar-refractivity contribution in [2.24, 2.45) is 11.1 Å². The highest BCUT2D eigenvalue weighted by Crippen LogP contribution is 2.45. The molecule has 0 saturated heterocycles. The number of nitrogens with two attached hydrogens (primary N) is 1. The van der Waals surface area contributed by atoms with Crippen LogP contribution in [0.4, 0.5) is 4.39 Å². The van der Waals surface area contributed by atoms with Gasteiger partial charge in [0.05, 0.1) is 10.6 Å². The maximum atomic E-state index is 13.5. The zero-order valence-corrected chi connectivity index (χ0v) is 11.9. The molecule has 100 valence electrons. The Hall–Kier alpha value is -0.450. The van der Waals surface area contributed by atoms with E-state index in [4.69, 9.17) is 5.73 Å². The number of halogens is 2. The van der Waals surface area contributed by atoms with Gasteiger partial charge in [-0.1, -0.05) is 25.3 Å². The summed E-state index contributed by atoms with van der Waals surface area (Å²) in [5.74, 6) is -0.338. The van der Waals surface area contributed by atoms with Crippen LogP contribution in [0, 0.1) is 11.2 Å². The fourth-order valence-electron chi connectivity index (χ4n) is 2.88. The first-order valence-electron chi connectivity index (χ1n) is 6.42. The van der Waals surface area contributed by atoms with E-state index in [9.17, 15) is 9.50 Å². The van der Waals surface area contributed by atoms with Gasteiger partial charge in [-0.3, -0.25) is 0 Å². The van der Waals surface area contributed by atoms with E-state index in [1.165, 1.54) is 12.5 Å². The summed E-state index contributed by atoms with van der Waals surface area (Å²) in [7, 11) is 0. The standard InChI is InChI=1S/C14H19BrFNO/c15-11-5-4-10(8-12(11)16)13(18)14(9-17)6-2-1-3-7-14/h4-5,8,13,18H,1-3,6-7,9,17H2. The molecule has 0 heterocycles. The lowest BCUT2D eigenvalue weighted by molar-refractivity contribution is 0.000508. The van der Waals surface area contributed by atoms with Crippen molar-refractivity contribution in [2.45, 2.75) is 38.2 Å². The van der Waals surface area contributed by atoms with Crippen molar-refractivity contribution in [3.63, 3.8) is 0 Å². The van der Waals surface area contributed by atoms with Crippen LogP contribution >= 0.6 is 15.9 Å². The molecule has 0 spiro atoms. The van der Waals surface area contributed by atoms with E-state index >= 15 is 0 Å². The van der Waals surface area contributed by atoms with Crippen LogP contribution in [0.25, 0.3) is 0 Å². The van der Waals surface area contributed by atoms with E-state index in [1.54, 1.807) is 12.1 Å². The Morgan fingerprint density at radius 2 is 2.00 bits per heavy atom. The van der Waals surface area contributed by atoms with Gasteiger partial charge in [0, 0.05) is 12.0 Å². The van der Waals surface area contributed by atoms with Crippen LogP contribution in [-0.4, -0.2) is 11.7 Å². The van der Waals surface area contributed by atoms with E-state index in [1.807, 2.05) is 0 Å². The van der Waals surface area contributed by atoms with Crippen molar-refractivity contribution < 1.29 is 9.50 Å².